The fourth-order valence-corrected chi connectivity index (χ4v) is 7.95. The van der Waals surface area contributed by atoms with Gasteiger partial charge in [-0.05, 0) is 87.2 Å². The smallest absolute Gasteiger partial charge is 0.159 e. The Kier molecular flexibility index (Phi) is 4.44. The summed E-state index contributed by atoms with van der Waals surface area (Å²) in [6.45, 7) is 6.62. The molecule has 5 aliphatic carbocycles. The lowest BCUT2D eigenvalue weighted by Gasteiger charge is -2.60. The van der Waals surface area contributed by atoms with Crippen LogP contribution >= 0.6 is 0 Å². The number of hydrogen-bond donors (Lipinski definition) is 4. The average Bonchev–Trinajstić information content (AvgIpc) is 3.40. The molecule has 4 fully saturated rings. The molecule has 5 rings (SSSR count). The first-order chi connectivity index (χ1) is 13.6. The number of allylic oxidation sites excluding steroid dienone is 1. The van der Waals surface area contributed by atoms with E-state index in [-0.39, 0.29) is 28.4 Å². The van der Waals surface area contributed by atoms with Crippen LogP contribution in [0.25, 0.3) is 0 Å². The second-order valence-electron chi connectivity index (χ2n) is 11.4. The van der Waals surface area contributed by atoms with Gasteiger partial charge in [0.25, 0.3) is 0 Å². The van der Waals surface area contributed by atoms with E-state index in [1.165, 1.54) is 12.8 Å². The molecule has 0 amide bonds. The van der Waals surface area contributed by atoms with Gasteiger partial charge in [0, 0.05) is 23.4 Å². The molecule has 5 aliphatic rings. The zero-order valence-electron chi connectivity index (χ0n) is 18.0. The first-order valence-electron chi connectivity index (χ1n) is 11.7. The van der Waals surface area contributed by atoms with Crippen molar-refractivity contribution in [2.45, 2.75) is 102 Å². The second kappa shape index (κ2) is 6.38. The summed E-state index contributed by atoms with van der Waals surface area (Å²) < 4.78 is 0. The summed E-state index contributed by atoms with van der Waals surface area (Å²) in [4.78, 5) is 13.2. The number of ketones is 1. The Bertz CT molecular complexity index is 747. The molecular weight excluding hydrogens is 366 g/mol. The molecule has 0 radical (unpaired) electrons. The third-order valence-corrected chi connectivity index (χ3v) is 9.87. The minimum Gasteiger partial charge on any atom is -0.390 e. The molecule has 162 valence electrons. The van der Waals surface area contributed by atoms with E-state index < -0.39 is 17.8 Å². The molecule has 4 N–H and O–H groups in total. The van der Waals surface area contributed by atoms with Gasteiger partial charge in [-0.2, -0.15) is 0 Å². The largest absolute Gasteiger partial charge is 0.390 e. The van der Waals surface area contributed by atoms with Crippen LogP contribution in [0.15, 0.2) is 11.6 Å². The molecule has 0 aromatic carbocycles. The molecular formula is C24H37NO4. The van der Waals surface area contributed by atoms with Gasteiger partial charge < -0.3 is 20.6 Å². The number of fused-ring (bicyclic) bond motifs is 5. The van der Waals surface area contributed by atoms with Gasteiger partial charge in [-0.1, -0.05) is 13.8 Å². The molecule has 0 heterocycles. The van der Waals surface area contributed by atoms with E-state index >= 15 is 0 Å². The zero-order valence-corrected chi connectivity index (χ0v) is 18.0. The van der Waals surface area contributed by atoms with Gasteiger partial charge in [-0.15, -0.1) is 0 Å². The van der Waals surface area contributed by atoms with Crippen LogP contribution in [-0.4, -0.2) is 51.0 Å². The maximum Gasteiger partial charge on any atom is 0.159 e. The lowest BCUT2D eigenvalue weighted by atomic mass is 9.46. The summed E-state index contributed by atoms with van der Waals surface area (Å²) in [5.74, 6) is 0.287. The van der Waals surface area contributed by atoms with Crippen LogP contribution in [0.5, 0.6) is 0 Å². The van der Waals surface area contributed by atoms with Gasteiger partial charge in [0.2, 0.25) is 0 Å². The highest BCUT2D eigenvalue weighted by atomic mass is 16.3. The van der Waals surface area contributed by atoms with Crippen LogP contribution in [0.2, 0.25) is 0 Å². The summed E-state index contributed by atoms with van der Waals surface area (Å²) in [5, 5.41) is 36.5. The molecule has 5 heteroatoms. The van der Waals surface area contributed by atoms with Crippen molar-refractivity contribution in [3.63, 3.8) is 0 Å². The fraction of sp³-hybridized carbons (Fsp3) is 0.875. The van der Waals surface area contributed by atoms with E-state index in [1.54, 1.807) is 6.08 Å². The lowest BCUT2D eigenvalue weighted by Crippen LogP contribution is -2.61. The van der Waals surface area contributed by atoms with Gasteiger partial charge >= 0.3 is 0 Å². The van der Waals surface area contributed by atoms with E-state index in [1.807, 2.05) is 0 Å². The molecule has 0 bridgehead atoms. The molecule has 5 nitrogen and oxygen atoms in total. The highest BCUT2D eigenvalue weighted by Crippen LogP contribution is 2.67. The number of carbonyl (C=O) groups excluding carboxylic acids is 1. The van der Waals surface area contributed by atoms with Crippen LogP contribution in [0, 0.1) is 28.6 Å². The highest BCUT2D eigenvalue weighted by Gasteiger charge is 2.66. The van der Waals surface area contributed by atoms with E-state index in [4.69, 9.17) is 0 Å². The number of aliphatic hydroxyl groups excluding tert-OH is 2. The Labute approximate surface area is 174 Å². The summed E-state index contributed by atoms with van der Waals surface area (Å²) in [6.07, 6.45) is 7.00. The number of nitrogens with one attached hydrogen (secondary N) is 1. The van der Waals surface area contributed by atoms with Gasteiger partial charge in [-0.3, -0.25) is 4.79 Å². The van der Waals surface area contributed by atoms with Crippen molar-refractivity contribution in [3.05, 3.63) is 11.6 Å². The standard InChI is InChI=1S/C24H37NO4/c1-13(25-14-4-5-14)15-7-9-24(29)17-10-19(26)18-11-20(27)21(28)12-22(18,2)16(17)6-8-23(15,24)3/h10,13-16,18,20-21,25,27-29H,4-9,11-12H2,1-3H3. The Morgan fingerprint density at radius 1 is 1.07 bits per heavy atom. The maximum absolute atomic E-state index is 13.2. The highest BCUT2D eigenvalue weighted by molar-refractivity contribution is 5.95. The quantitative estimate of drug-likeness (QED) is 0.581. The molecule has 0 aromatic heterocycles. The molecule has 4 saturated carbocycles. The molecule has 0 saturated heterocycles. The topological polar surface area (TPSA) is 89.8 Å². The lowest BCUT2D eigenvalue weighted by molar-refractivity contribution is -0.152. The van der Waals surface area contributed by atoms with Gasteiger partial charge in [0.1, 0.15) is 0 Å². The molecule has 0 spiro atoms. The first-order valence-corrected chi connectivity index (χ1v) is 11.7. The van der Waals surface area contributed by atoms with Crippen molar-refractivity contribution in [1.29, 1.82) is 0 Å². The first kappa shape index (κ1) is 20.2. The van der Waals surface area contributed by atoms with E-state index in [2.05, 4.69) is 26.1 Å². The third-order valence-electron chi connectivity index (χ3n) is 9.87. The van der Waals surface area contributed by atoms with Gasteiger partial charge in [-0.25, -0.2) is 0 Å². The SMILES string of the molecule is CC(NC1CC1)C1CCC2(O)C3=CC(=O)C4CC(O)C(O)CC4(C)C3CCC12C. The van der Waals surface area contributed by atoms with Crippen molar-refractivity contribution >= 4 is 5.78 Å². The van der Waals surface area contributed by atoms with Crippen LogP contribution in [0.1, 0.15) is 72.1 Å². The van der Waals surface area contributed by atoms with Crippen molar-refractivity contribution in [2.24, 2.45) is 28.6 Å². The van der Waals surface area contributed by atoms with E-state index in [0.717, 1.165) is 24.8 Å². The Hall–Kier alpha value is -0.750. The predicted molar refractivity (Wildman–Crippen MR) is 110 cm³/mol. The van der Waals surface area contributed by atoms with Crippen molar-refractivity contribution in [2.75, 3.05) is 0 Å². The number of carbonyl (C=O) groups is 1. The van der Waals surface area contributed by atoms with Gasteiger partial charge in [0.15, 0.2) is 5.78 Å². The molecule has 29 heavy (non-hydrogen) atoms. The van der Waals surface area contributed by atoms with Crippen LogP contribution in [-0.2, 0) is 4.79 Å². The monoisotopic (exact) mass is 403 g/mol. The van der Waals surface area contributed by atoms with E-state index in [0.29, 0.717) is 37.3 Å². The Balaban J connectivity index is 1.50. The second-order valence-corrected chi connectivity index (χ2v) is 11.4. The molecule has 9 unspecified atom stereocenters. The van der Waals surface area contributed by atoms with Crippen molar-refractivity contribution in [1.82, 2.24) is 5.32 Å². The number of aliphatic hydroxyl groups is 3. The molecule has 9 atom stereocenters. The third kappa shape index (κ3) is 2.70. The minimum atomic E-state index is -0.940. The van der Waals surface area contributed by atoms with Crippen molar-refractivity contribution in [3.8, 4) is 0 Å². The summed E-state index contributed by atoms with van der Waals surface area (Å²) in [7, 11) is 0. The van der Waals surface area contributed by atoms with Gasteiger partial charge in [0.05, 0.1) is 17.8 Å². The summed E-state index contributed by atoms with van der Waals surface area (Å²) >= 11 is 0. The summed E-state index contributed by atoms with van der Waals surface area (Å²) in [6, 6.07) is 1.01. The van der Waals surface area contributed by atoms with Crippen LogP contribution < -0.4 is 5.32 Å². The normalized spacial score (nSPS) is 53.0. The molecule has 0 aromatic rings. The number of hydrogen-bond acceptors (Lipinski definition) is 5. The van der Waals surface area contributed by atoms with E-state index in [9.17, 15) is 20.1 Å². The van der Waals surface area contributed by atoms with Crippen molar-refractivity contribution < 1.29 is 20.1 Å². The van der Waals surface area contributed by atoms with Crippen LogP contribution in [0.4, 0.5) is 0 Å². The average molecular weight is 404 g/mol. The molecule has 0 aliphatic heterocycles. The number of rotatable bonds is 3. The Morgan fingerprint density at radius 3 is 2.48 bits per heavy atom. The van der Waals surface area contributed by atoms with Crippen LogP contribution in [0.3, 0.4) is 0 Å². The summed E-state index contributed by atoms with van der Waals surface area (Å²) in [5.41, 5.74) is -0.621. The Morgan fingerprint density at radius 2 is 1.79 bits per heavy atom. The zero-order chi connectivity index (χ0) is 20.8. The minimum absolute atomic E-state index is 0.0370. The fourth-order valence-electron chi connectivity index (χ4n) is 7.95. The maximum atomic E-state index is 13.2. The predicted octanol–water partition coefficient (Wildman–Crippen LogP) is 2.33.